The van der Waals surface area contributed by atoms with Crippen molar-refractivity contribution in [3.63, 3.8) is 0 Å². The molecular weight excluding hydrogens is 1300 g/mol. The fraction of sp³-hybridized carbons (Fsp3) is 0.0208. The summed E-state index contributed by atoms with van der Waals surface area (Å²) in [5, 5.41) is 47.3. The van der Waals surface area contributed by atoms with Gasteiger partial charge in [-0.3, -0.25) is 0 Å². The van der Waals surface area contributed by atoms with Gasteiger partial charge in [0.15, 0.2) is 0 Å². The molecule has 0 amide bonds. The number of fused-ring (bicyclic) bond motifs is 26. The third-order valence-electron chi connectivity index (χ3n) is 22.6. The largest absolute Gasteiger partial charge is 0.306 e. The zero-order valence-electron chi connectivity index (χ0n) is 55.8. The fourth-order valence-electron chi connectivity index (χ4n) is 18.3. The van der Waals surface area contributed by atoms with Gasteiger partial charge in [0.25, 0.3) is 0 Å². The van der Waals surface area contributed by atoms with E-state index < -0.39 is 0 Å². The minimum atomic E-state index is 0.407. The molecule has 104 heavy (non-hydrogen) atoms. The molecule has 8 heteroatoms. The Balaban J connectivity index is 0.986. The number of rotatable bonds is 6. The van der Waals surface area contributed by atoms with Crippen molar-refractivity contribution in [3.8, 4) is 57.1 Å². The number of nitriles is 2. The van der Waals surface area contributed by atoms with Gasteiger partial charge in [-0.15, -0.1) is 22.7 Å². The molecule has 0 bridgehead atoms. The minimum Gasteiger partial charge on any atom is -0.306 e. The topological polar surface area (TPSA) is 67.3 Å². The van der Waals surface area contributed by atoms with Crippen LogP contribution in [0.5, 0.6) is 0 Å². The molecule has 16 aromatic carbocycles. The molecule has 6 heterocycles. The smallest absolute Gasteiger partial charge is 0.104 e. The van der Waals surface area contributed by atoms with E-state index in [0.717, 1.165) is 158 Å². The summed E-state index contributed by atoms with van der Waals surface area (Å²) in [5.74, 6) is 0. The quantitative estimate of drug-likeness (QED) is 0.156. The second kappa shape index (κ2) is 21.6. The highest BCUT2D eigenvalue weighted by Crippen LogP contribution is 2.54. The lowest BCUT2D eigenvalue weighted by Crippen LogP contribution is -2.16. The first kappa shape index (κ1) is 57.4. The molecule has 0 fully saturated rings. The molecule has 0 aliphatic heterocycles. The molecule has 22 aromatic rings. The molecule has 0 radical (unpaired) electrons. The van der Waals surface area contributed by atoms with Crippen LogP contribution in [0.25, 0.3) is 211 Å². The van der Waals surface area contributed by atoms with E-state index in [4.69, 9.17) is 0 Å². The van der Waals surface area contributed by atoms with Crippen LogP contribution in [0.2, 0.25) is 0 Å². The highest BCUT2D eigenvalue weighted by molar-refractivity contribution is 7.27. The van der Waals surface area contributed by atoms with Gasteiger partial charge in [0.2, 0.25) is 0 Å². The van der Waals surface area contributed by atoms with E-state index in [1.54, 1.807) is 22.7 Å². The van der Waals surface area contributed by atoms with E-state index in [-0.39, 0.29) is 0 Å². The number of benzene rings is 16. The van der Waals surface area contributed by atoms with Gasteiger partial charge in [0.05, 0.1) is 76.3 Å². The van der Waals surface area contributed by atoms with E-state index in [0.29, 0.717) is 33.9 Å². The van der Waals surface area contributed by atoms with Crippen molar-refractivity contribution in [2.75, 3.05) is 0 Å². The Labute approximate surface area is 602 Å². The van der Waals surface area contributed by atoms with Crippen molar-refractivity contribution in [2.24, 2.45) is 0 Å². The summed E-state index contributed by atoms with van der Waals surface area (Å²) < 4.78 is 14.1. The van der Waals surface area contributed by atoms with Gasteiger partial charge < -0.3 is 18.3 Å². The summed E-state index contributed by atoms with van der Waals surface area (Å²) in [6, 6.07) is 113. The summed E-state index contributed by atoms with van der Waals surface area (Å²) in [5.41, 5.74) is 17.6. The first-order valence-electron chi connectivity index (χ1n) is 35.5. The van der Waals surface area contributed by atoms with Crippen LogP contribution in [0.3, 0.4) is 0 Å². The summed E-state index contributed by atoms with van der Waals surface area (Å²) in [4.78, 5) is 0. The second-order valence-electron chi connectivity index (χ2n) is 27.8. The van der Waals surface area contributed by atoms with Crippen molar-refractivity contribution >= 4 is 189 Å². The van der Waals surface area contributed by atoms with Crippen molar-refractivity contribution in [2.45, 2.75) is 12.8 Å². The van der Waals surface area contributed by atoms with Gasteiger partial charge in [-0.05, 0) is 133 Å². The fourth-order valence-corrected chi connectivity index (χ4v) is 20.8. The van der Waals surface area contributed by atoms with Crippen LogP contribution in [0.1, 0.15) is 28.7 Å². The average Bonchev–Trinajstić information content (AvgIpc) is 1.45. The van der Waals surface area contributed by atoms with Crippen LogP contribution in [0.4, 0.5) is 0 Å². The molecule has 6 nitrogen and oxygen atoms in total. The van der Waals surface area contributed by atoms with Gasteiger partial charge in [-0.2, -0.15) is 10.5 Å². The van der Waals surface area contributed by atoms with Gasteiger partial charge in [0.1, 0.15) is 23.3 Å². The lowest BCUT2D eigenvalue weighted by molar-refractivity contribution is 0.990. The predicted octanol–water partition coefficient (Wildman–Crippen LogP) is 26.3. The van der Waals surface area contributed by atoms with Gasteiger partial charge in [-0.25, -0.2) is 0 Å². The summed E-state index contributed by atoms with van der Waals surface area (Å²) in [6.07, 6.45) is 6.54. The first-order chi connectivity index (χ1) is 51.6. The molecular formula is C96H54N6S2. The molecule has 0 unspecified atom stereocenters. The standard InChI is InChI=1S/C96H54N6S2/c97-53-78-90(100-82-36-15-9-29-67(82)68-30-10-16-37-83(68)100)92(102-85-52-59(77-50-57-21-2-3-23-60(57)63-25-5-6-26-64(63)77)43-45-70(85)74-47-49-76-72-32-12-18-39-87(72)104-96(76)94(74)102)79(54-98)89(99-80-34-13-7-27-65(80)66-28-8-14-35-81(66)99)91(78)101-84-51-58(62-33-19-22-56-41-40-55-20-1-4-24-61(55)88(56)62)42-44-69(84)73-46-48-75-71-31-11-17-38-86(71)103-95(75)93(73)101/h1,3-20,22-52H,2,21H2. The van der Waals surface area contributed by atoms with E-state index in [2.05, 4.69) is 334 Å². The molecule has 6 aromatic heterocycles. The Kier molecular flexibility index (Phi) is 11.9. The molecule has 0 atom stereocenters. The molecule has 1 aliphatic carbocycles. The number of thiophene rings is 2. The predicted molar refractivity (Wildman–Crippen MR) is 440 cm³/mol. The van der Waals surface area contributed by atoms with E-state index in [9.17, 15) is 10.5 Å². The highest BCUT2D eigenvalue weighted by atomic mass is 32.1. The van der Waals surface area contributed by atoms with Crippen LogP contribution in [-0.4, -0.2) is 18.3 Å². The van der Waals surface area contributed by atoms with Gasteiger partial charge in [-0.1, -0.05) is 249 Å². The van der Waals surface area contributed by atoms with Gasteiger partial charge >= 0.3 is 0 Å². The second-order valence-corrected chi connectivity index (χ2v) is 29.9. The summed E-state index contributed by atoms with van der Waals surface area (Å²) >= 11 is 3.57. The Morgan fingerprint density at radius 2 is 0.702 bits per heavy atom. The molecule has 0 saturated carbocycles. The van der Waals surface area contributed by atoms with Gasteiger partial charge in [0, 0.05) is 74.0 Å². The lowest BCUT2D eigenvalue weighted by Gasteiger charge is -2.27. The lowest BCUT2D eigenvalue weighted by atomic mass is 9.87. The van der Waals surface area contributed by atoms with Crippen LogP contribution in [0.15, 0.2) is 297 Å². The Morgan fingerprint density at radius 1 is 0.298 bits per heavy atom. The highest BCUT2D eigenvalue weighted by Gasteiger charge is 2.36. The number of allylic oxidation sites excluding steroid dienone is 1. The Morgan fingerprint density at radius 3 is 1.23 bits per heavy atom. The Bertz CT molecular complexity index is 7670. The third-order valence-corrected chi connectivity index (χ3v) is 25.0. The van der Waals surface area contributed by atoms with E-state index in [1.807, 2.05) is 0 Å². The van der Waals surface area contributed by atoms with Crippen molar-refractivity contribution < 1.29 is 0 Å². The number of aryl methyl sites for hydroxylation is 1. The number of hydrogen-bond acceptors (Lipinski definition) is 4. The first-order valence-corrected chi connectivity index (χ1v) is 37.1. The van der Waals surface area contributed by atoms with Crippen LogP contribution in [-0.2, 0) is 6.42 Å². The van der Waals surface area contributed by atoms with Crippen molar-refractivity contribution in [1.82, 2.24) is 18.3 Å². The van der Waals surface area contributed by atoms with Crippen molar-refractivity contribution in [3.05, 3.63) is 320 Å². The van der Waals surface area contributed by atoms with Crippen molar-refractivity contribution in [1.29, 1.82) is 10.5 Å². The summed E-state index contributed by atoms with van der Waals surface area (Å²) in [6.45, 7) is 0. The Hall–Kier alpha value is -13.3. The van der Waals surface area contributed by atoms with Crippen LogP contribution in [0, 0.1) is 22.7 Å². The molecule has 0 N–H and O–H groups in total. The molecule has 0 saturated heterocycles. The maximum Gasteiger partial charge on any atom is 0.104 e. The number of nitrogens with zero attached hydrogens (tertiary/aromatic N) is 6. The normalized spacial score (nSPS) is 12.7. The van der Waals surface area contributed by atoms with Crippen LogP contribution >= 0.6 is 22.7 Å². The van der Waals surface area contributed by atoms with E-state index >= 15 is 0 Å². The molecule has 1 aliphatic rings. The zero-order chi connectivity index (χ0) is 68.2. The number of aromatic nitrogens is 4. The summed E-state index contributed by atoms with van der Waals surface area (Å²) in [7, 11) is 0. The van der Waals surface area contributed by atoms with Crippen LogP contribution < -0.4 is 0 Å². The number of hydrogen-bond donors (Lipinski definition) is 0. The molecule has 480 valence electrons. The van der Waals surface area contributed by atoms with E-state index in [1.165, 1.54) is 48.1 Å². The third kappa shape index (κ3) is 7.74. The zero-order valence-corrected chi connectivity index (χ0v) is 57.4. The average molecular weight is 1360 g/mol. The maximum absolute atomic E-state index is 13.7. The maximum atomic E-state index is 13.7. The number of para-hydroxylation sites is 4. The minimum absolute atomic E-state index is 0.407. The molecule has 0 spiro atoms. The monoisotopic (exact) mass is 1350 g/mol. The SMILES string of the molecule is N#Cc1c(-n2c3ccccc3c3ccccc32)c(-n2c3cc(-c4cccc5ccc6ccccc6c45)ccc3c3ccc4c5ccccc5sc4c32)c(C#N)c(-n2c3ccccc3c3ccccc32)c1-n1c2cc(-c3cc4c(c5ccccc35)C=CCC4)ccc2c2ccc3c4ccccc4sc3c21. The molecule has 23 rings (SSSR count).